The van der Waals surface area contributed by atoms with E-state index in [1.165, 1.54) is 11.1 Å². The van der Waals surface area contributed by atoms with Crippen LogP contribution in [0.3, 0.4) is 0 Å². The Labute approximate surface area is 124 Å². The number of hydrogen-bond donors (Lipinski definition) is 1. The first-order valence-corrected chi connectivity index (χ1v) is 7.64. The Morgan fingerprint density at radius 1 is 1.20 bits per heavy atom. The zero-order valence-electron chi connectivity index (χ0n) is 13.4. The number of nitrogens with zero attached hydrogens (tertiary/aromatic N) is 1. The third kappa shape index (κ3) is 5.23. The van der Waals surface area contributed by atoms with Gasteiger partial charge in [-0.15, -0.1) is 0 Å². The van der Waals surface area contributed by atoms with Crippen molar-refractivity contribution in [2.45, 2.75) is 33.2 Å². The highest BCUT2D eigenvalue weighted by Gasteiger charge is 2.19. The molecule has 0 saturated heterocycles. The summed E-state index contributed by atoms with van der Waals surface area (Å²) in [6, 6.07) is 9.13. The normalized spacial score (nSPS) is 13.2. The molecule has 3 nitrogen and oxygen atoms in total. The smallest absolute Gasteiger partial charge is 0.0589 e. The minimum atomic E-state index is 0.276. The summed E-state index contributed by atoms with van der Waals surface area (Å²) in [5.74, 6) is 0.621. The van der Waals surface area contributed by atoms with Crippen LogP contribution >= 0.6 is 0 Å². The van der Waals surface area contributed by atoms with Gasteiger partial charge in [-0.1, -0.05) is 45.0 Å². The number of benzene rings is 1. The summed E-state index contributed by atoms with van der Waals surface area (Å²) >= 11 is 0. The minimum absolute atomic E-state index is 0.276. The Balaban J connectivity index is 2.85. The van der Waals surface area contributed by atoms with Crippen LogP contribution in [0, 0.1) is 5.92 Å². The van der Waals surface area contributed by atoms with Crippen LogP contribution in [0.1, 0.15) is 37.9 Å². The molecule has 20 heavy (non-hydrogen) atoms. The maximum absolute atomic E-state index is 6.04. The lowest BCUT2D eigenvalue weighted by Gasteiger charge is -2.32. The van der Waals surface area contributed by atoms with E-state index in [0.29, 0.717) is 12.5 Å². The summed E-state index contributed by atoms with van der Waals surface area (Å²) in [6.45, 7) is 10.0. The molecular weight excluding hydrogens is 248 g/mol. The minimum Gasteiger partial charge on any atom is -0.383 e. The Kier molecular flexibility index (Phi) is 7.82. The lowest BCUT2D eigenvalue weighted by atomic mass is 10.0. The molecule has 1 atom stereocenters. The lowest BCUT2D eigenvalue weighted by Crippen LogP contribution is -2.38. The van der Waals surface area contributed by atoms with Gasteiger partial charge in [-0.3, -0.25) is 4.90 Å². The molecule has 1 aromatic carbocycles. The Bertz CT molecular complexity index is 362. The van der Waals surface area contributed by atoms with Crippen molar-refractivity contribution in [3.8, 4) is 0 Å². The molecule has 0 radical (unpaired) electrons. The molecule has 0 heterocycles. The number of rotatable bonds is 9. The fraction of sp³-hybridized carbons (Fsp3) is 0.647. The summed E-state index contributed by atoms with van der Waals surface area (Å²) in [4.78, 5) is 2.44. The fourth-order valence-electron chi connectivity index (χ4n) is 2.52. The van der Waals surface area contributed by atoms with Gasteiger partial charge in [0, 0.05) is 32.8 Å². The molecule has 1 aromatic rings. The van der Waals surface area contributed by atoms with Gasteiger partial charge >= 0.3 is 0 Å². The number of methoxy groups -OCH3 is 1. The van der Waals surface area contributed by atoms with Gasteiger partial charge in [0.2, 0.25) is 0 Å². The van der Waals surface area contributed by atoms with Gasteiger partial charge in [-0.25, -0.2) is 0 Å². The fourth-order valence-corrected chi connectivity index (χ4v) is 2.52. The van der Waals surface area contributed by atoms with Crippen LogP contribution in [0.25, 0.3) is 0 Å². The van der Waals surface area contributed by atoms with E-state index in [1.807, 2.05) is 0 Å². The number of aryl methyl sites for hydroxylation is 1. The maximum atomic E-state index is 6.04. The molecule has 0 bridgehead atoms. The molecule has 0 saturated carbocycles. The van der Waals surface area contributed by atoms with Gasteiger partial charge in [0.15, 0.2) is 0 Å². The molecule has 0 aromatic heterocycles. The standard InChI is InChI=1S/C17H30N2O/c1-5-15-6-8-16(9-7-15)17(12-18)19(10-11-20-4)13-14(2)3/h6-9,14,17H,5,10-13,18H2,1-4H3. The van der Waals surface area contributed by atoms with Crippen LogP contribution in [0.2, 0.25) is 0 Å². The molecule has 0 aliphatic heterocycles. The predicted octanol–water partition coefficient (Wildman–Crippen LogP) is 2.85. The molecule has 0 aliphatic rings. The van der Waals surface area contributed by atoms with E-state index >= 15 is 0 Å². The van der Waals surface area contributed by atoms with Crippen molar-refractivity contribution in [3.63, 3.8) is 0 Å². The van der Waals surface area contributed by atoms with E-state index in [1.54, 1.807) is 7.11 Å². The van der Waals surface area contributed by atoms with Gasteiger partial charge < -0.3 is 10.5 Å². The molecule has 0 spiro atoms. The van der Waals surface area contributed by atoms with E-state index in [0.717, 1.165) is 26.1 Å². The number of nitrogens with two attached hydrogens (primary N) is 1. The summed E-state index contributed by atoms with van der Waals surface area (Å²) in [7, 11) is 1.75. The van der Waals surface area contributed by atoms with Crippen molar-refractivity contribution in [1.82, 2.24) is 4.90 Å². The SMILES string of the molecule is CCc1ccc(C(CN)N(CCOC)CC(C)C)cc1. The Morgan fingerprint density at radius 2 is 1.85 bits per heavy atom. The van der Waals surface area contributed by atoms with Crippen LogP contribution in [0.15, 0.2) is 24.3 Å². The molecular formula is C17H30N2O. The first-order valence-electron chi connectivity index (χ1n) is 7.64. The van der Waals surface area contributed by atoms with Crippen molar-refractivity contribution in [1.29, 1.82) is 0 Å². The first-order chi connectivity index (χ1) is 9.62. The molecule has 114 valence electrons. The molecule has 0 aliphatic carbocycles. The van der Waals surface area contributed by atoms with Crippen molar-refractivity contribution in [3.05, 3.63) is 35.4 Å². The van der Waals surface area contributed by atoms with Crippen LogP contribution in [0.4, 0.5) is 0 Å². The van der Waals surface area contributed by atoms with E-state index in [9.17, 15) is 0 Å². The monoisotopic (exact) mass is 278 g/mol. The van der Waals surface area contributed by atoms with E-state index < -0.39 is 0 Å². The van der Waals surface area contributed by atoms with Crippen LogP contribution in [-0.4, -0.2) is 38.3 Å². The van der Waals surface area contributed by atoms with Crippen molar-refractivity contribution < 1.29 is 4.74 Å². The highest BCUT2D eigenvalue weighted by atomic mass is 16.5. The molecule has 3 heteroatoms. The van der Waals surface area contributed by atoms with Gasteiger partial charge in [0.25, 0.3) is 0 Å². The molecule has 0 fully saturated rings. The Hall–Kier alpha value is -0.900. The molecule has 0 amide bonds. The molecule has 1 unspecified atom stereocenters. The van der Waals surface area contributed by atoms with Crippen LogP contribution in [0.5, 0.6) is 0 Å². The third-order valence-corrected chi connectivity index (χ3v) is 3.62. The summed E-state index contributed by atoms with van der Waals surface area (Å²) in [5, 5.41) is 0. The third-order valence-electron chi connectivity index (χ3n) is 3.62. The van der Waals surface area contributed by atoms with Gasteiger partial charge in [-0.2, -0.15) is 0 Å². The maximum Gasteiger partial charge on any atom is 0.0589 e. The highest BCUT2D eigenvalue weighted by molar-refractivity contribution is 5.25. The first kappa shape index (κ1) is 17.2. The molecule has 2 N–H and O–H groups in total. The molecule has 1 rings (SSSR count). The largest absolute Gasteiger partial charge is 0.383 e. The predicted molar refractivity (Wildman–Crippen MR) is 85.9 cm³/mol. The van der Waals surface area contributed by atoms with Crippen LogP contribution < -0.4 is 5.73 Å². The zero-order chi connectivity index (χ0) is 15.0. The summed E-state index contributed by atoms with van der Waals surface area (Å²) < 4.78 is 5.24. The average Bonchev–Trinajstić information content (AvgIpc) is 2.45. The second-order valence-corrected chi connectivity index (χ2v) is 5.73. The van der Waals surface area contributed by atoms with E-state index in [-0.39, 0.29) is 6.04 Å². The van der Waals surface area contributed by atoms with Crippen molar-refractivity contribution in [2.75, 3.05) is 33.4 Å². The van der Waals surface area contributed by atoms with Crippen molar-refractivity contribution in [2.24, 2.45) is 11.7 Å². The van der Waals surface area contributed by atoms with Crippen molar-refractivity contribution >= 4 is 0 Å². The summed E-state index contributed by atoms with van der Waals surface area (Å²) in [6.07, 6.45) is 1.08. The van der Waals surface area contributed by atoms with Gasteiger partial charge in [0.1, 0.15) is 0 Å². The second kappa shape index (κ2) is 9.11. The van der Waals surface area contributed by atoms with E-state index in [2.05, 4.69) is 49.9 Å². The number of hydrogen-bond acceptors (Lipinski definition) is 3. The zero-order valence-corrected chi connectivity index (χ0v) is 13.4. The van der Waals surface area contributed by atoms with Gasteiger partial charge in [0.05, 0.1) is 6.61 Å². The topological polar surface area (TPSA) is 38.5 Å². The van der Waals surface area contributed by atoms with Gasteiger partial charge in [-0.05, 0) is 23.5 Å². The second-order valence-electron chi connectivity index (χ2n) is 5.73. The van der Waals surface area contributed by atoms with Crippen LogP contribution in [-0.2, 0) is 11.2 Å². The quantitative estimate of drug-likeness (QED) is 0.755. The lowest BCUT2D eigenvalue weighted by molar-refractivity contribution is 0.112. The summed E-state index contributed by atoms with van der Waals surface area (Å²) in [5.41, 5.74) is 8.72. The Morgan fingerprint density at radius 3 is 2.30 bits per heavy atom. The highest BCUT2D eigenvalue weighted by Crippen LogP contribution is 2.21. The van der Waals surface area contributed by atoms with E-state index in [4.69, 9.17) is 10.5 Å². The average molecular weight is 278 g/mol. The number of ether oxygens (including phenoxy) is 1.